The van der Waals surface area contributed by atoms with Crippen molar-refractivity contribution in [3.63, 3.8) is 0 Å². The molecule has 0 bridgehead atoms. The molecule has 0 aromatic carbocycles. The molecule has 1 aliphatic heterocycles. The molecule has 0 saturated carbocycles. The van der Waals surface area contributed by atoms with Gasteiger partial charge in [0.15, 0.2) is 0 Å². The van der Waals surface area contributed by atoms with Crippen molar-refractivity contribution in [1.29, 1.82) is 0 Å². The number of hydrogen-bond acceptors (Lipinski definition) is 8. The summed E-state index contributed by atoms with van der Waals surface area (Å²) in [5.41, 5.74) is 0.422. The van der Waals surface area contributed by atoms with E-state index < -0.39 is 72.6 Å². The number of aliphatic carboxylic acids is 3. The summed E-state index contributed by atoms with van der Waals surface area (Å²) in [5, 5.41) is 37.6. The van der Waals surface area contributed by atoms with Crippen LogP contribution < -0.4 is 21.3 Å². The zero-order chi connectivity index (χ0) is 26.7. The van der Waals surface area contributed by atoms with Gasteiger partial charge in [0.2, 0.25) is 17.7 Å². The summed E-state index contributed by atoms with van der Waals surface area (Å²) in [6, 6.07) is -4.71. The molecule has 0 spiro atoms. The first kappa shape index (κ1) is 28.2. The summed E-state index contributed by atoms with van der Waals surface area (Å²) in [4.78, 5) is 78.5. The molecule has 3 amide bonds. The Morgan fingerprint density at radius 2 is 1.50 bits per heavy atom. The minimum Gasteiger partial charge on any atom is -0.481 e. The molecule has 1 aromatic rings. The average Bonchev–Trinajstić information content (AvgIpc) is 3.52. The van der Waals surface area contributed by atoms with E-state index in [1.807, 2.05) is 0 Å². The van der Waals surface area contributed by atoms with Gasteiger partial charge in [0.05, 0.1) is 12.4 Å². The van der Waals surface area contributed by atoms with Crippen LogP contribution in [0.25, 0.3) is 0 Å². The average molecular weight is 511 g/mol. The Kier molecular flexibility index (Phi) is 10.8. The van der Waals surface area contributed by atoms with Gasteiger partial charge < -0.3 is 41.6 Å². The van der Waals surface area contributed by atoms with Gasteiger partial charge in [-0.05, 0) is 32.2 Å². The van der Waals surface area contributed by atoms with Crippen molar-refractivity contribution in [2.75, 3.05) is 6.54 Å². The third kappa shape index (κ3) is 9.32. The maximum absolute atomic E-state index is 12.9. The van der Waals surface area contributed by atoms with Crippen LogP contribution in [0.4, 0.5) is 0 Å². The first-order chi connectivity index (χ1) is 17.1. The highest BCUT2D eigenvalue weighted by molar-refractivity contribution is 5.94. The largest absolute Gasteiger partial charge is 0.481 e. The summed E-state index contributed by atoms with van der Waals surface area (Å²) >= 11 is 0. The van der Waals surface area contributed by atoms with Crippen LogP contribution >= 0.6 is 0 Å². The minimum atomic E-state index is -1.45. The summed E-state index contributed by atoms with van der Waals surface area (Å²) in [7, 11) is 0. The highest BCUT2D eigenvalue weighted by Crippen LogP contribution is 2.08. The number of imidazole rings is 1. The van der Waals surface area contributed by atoms with E-state index in [1.54, 1.807) is 0 Å². The number of nitrogens with one attached hydrogen (secondary N) is 5. The van der Waals surface area contributed by atoms with Gasteiger partial charge >= 0.3 is 17.9 Å². The number of aromatic amines is 1. The third-order valence-corrected chi connectivity index (χ3v) is 5.53. The number of carboxylic acid groups (broad SMARTS) is 3. The van der Waals surface area contributed by atoms with Crippen LogP contribution in [0, 0.1) is 0 Å². The lowest BCUT2D eigenvalue weighted by molar-refractivity contribution is -0.143. The minimum absolute atomic E-state index is 0.146. The first-order valence-corrected chi connectivity index (χ1v) is 11.3. The molecular weight excluding hydrogens is 480 g/mol. The molecule has 15 nitrogen and oxygen atoms in total. The van der Waals surface area contributed by atoms with Crippen molar-refractivity contribution in [2.45, 2.75) is 69.1 Å². The Morgan fingerprint density at radius 1 is 0.917 bits per heavy atom. The number of carbonyl (C=O) groups excluding carboxylic acids is 3. The van der Waals surface area contributed by atoms with Crippen LogP contribution in [0.1, 0.15) is 44.2 Å². The molecular formula is C21H30N6O9. The van der Waals surface area contributed by atoms with Crippen LogP contribution in [0.5, 0.6) is 0 Å². The zero-order valence-corrected chi connectivity index (χ0v) is 19.4. The number of rotatable bonds is 15. The zero-order valence-electron chi connectivity index (χ0n) is 19.4. The summed E-state index contributed by atoms with van der Waals surface area (Å²) < 4.78 is 0. The smallest absolute Gasteiger partial charge is 0.326 e. The predicted molar refractivity (Wildman–Crippen MR) is 120 cm³/mol. The lowest BCUT2D eigenvalue weighted by atomic mass is 10.1. The fraction of sp³-hybridized carbons (Fsp3) is 0.571. The second-order valence-corrected chi connectivity index (χ2v) is 8.32. The Morgan fingerprint density at radius 3 is 1.97 bits per heavy atom. The fourth-order valence-corrected chi connectivity index (χ4v) is 3.61. The van der Waals surface area contributed by atoms with Crippen LogP contribution in [0.15, 0.2) is 12.5 Å². The van der Waals surface area contributed by atoms with Crippen molar-refractivity contribution < 1.29 is 44.1 Å². The number of nitrogens with zero attached hydrogens (tertiary/aromatic N) is 1. The topological polar surface area (TPSA) is 240 Å². The second-order valence-electron chi connectivity index (χ2n) is 8.32. The Labute approximate surface area is 205 Å². The molecule has 36 heavy (non-hydrogen) atoms. The molecule has 2 heterocycles. The molecule has 15 heteroatoms. The van der Waals surface area contributed by atoms with Crippen molar-refractivity contribution in [2.24, 2.45) is 0 Å². The quantitative estimate of drug-likeness (QED) is 0.128. The number of H-pyrrole nitrogens is 1. The summed E-state index contributed by atoms with van der Waals surface area (Å²) in [6.07, 6.45) is 2.24. The summed E-state index contributed by atoms with van der Waals surface area (Å²) in [6.45, 7) is 0.616. The van der Waals surface area contributed by atoms with Crippen LogP contribution in [0.3, 0.4) is 0 Å². The van der Waals surface area contributed by atoms with E-state index in [-0.39, 0.29) is 19.3 Å². The van der Waals surface area contributed by atoms with E-state index in [1.165, 1.54) is 12.5 Å². The third-order valence-electron chi connectivity index (χ3n) is 5.53. The molecule has 0 radical (unpaired) electrons. The van der Waals surface area contributed by atoms with E-state index in [0.29, 0.717) is 18.7 Å². The normalized spacial score (nSPS) is 17.4. The molecule has 2 rings (SSSR count). The molecule has 1 aliphatic rings. The number of hydrogen-bond donors (Lipinski definition) is 8. The number of aromatic nitrogens is 2. The highest BCUT2D eigenvalue weighted by atomic mass is 16.4. The Balaban J connectivity index is 2.13. The van der Waals surface area contributed by atoms with Crippen molar-refractivity contribution in [1.82, 2.24) is 31.2 Å². The Hall–Kier alpha value is -4.01. The molecule has 198 valence electrons. The van der Waals surface area contributed by atoms with Crippen molar-refractivity contribution >= 4 is 35.6 Å². The van der Waals surface area contributed by atoms with Gasteiger partial charge in [-0.2, -0.15) is 0 Å². The lowest BCUT2D eigenvalue weighted by Gasteiger charge is -2.25. The van der Waals surface area contributed by atoms with Gasteiger partial charge in [-0.15, -0.1) is 0 Å². The molecule has 8 N–H and O–H groups in total. The number of carboxylic acids is 3. The van der Waals surface area contributed by atoms with Crippen LogP contribution in [-0.4, -0.2) is 91.6 Å². The van der Waals surface area contributed by atoms with Gasteiger partial charge in [-0.1, -0.05) is 0 Å². The SMILES string of the molecule is O=C(O)CCC(NC(=O)C(CCC(=O)O)NC(=O)C1CCCN1)C(=O)NC(Cc1cnc[nH]1)C(=O)O. The Bertz CT molecular complexity index is 946. The standard InChI is InChI=1S/C21H30N6O9/c28-16(29)5-3-13(25-18(32)12-2-1-7-23-12)19(33)26-14(4-6-17(30)31)20(34)27-15(21(35)36)8-11-9-22-10-24-11/h9-10,12-15,23H,1-8H2,(H,22,24)(H,25,32)(H,26,33)(H,27,34)(H,28,29)(H,30,31)(H,35,36). The van der Waals surface area contributed by atoms with Gasteiger partial charge in [-0.3, -0.25) is 24.0 Å². The lowest BCUT2D eigenvalue weighted by Crippen LogP contribution is -2.57. The van der Waals surface area contributed by atoms with Crippen LogP contribution in [-0.2, 0) is 35.2 Å². The predicted octanol–water partition coefficient (Wildman–Crippen LogP) is -2.03. The fourth-order valence-electron chi connectivity index (χ4n) is 3.61. The molecule has 1 saturated heterocycles. The van der Waals surface area contributed by atoms with Crippen LogP contribution in [0.2, 0.25) is 0 Å². The molecule has 0 aliphatic carbocycles. The van der Waals surface area contributed by atoms with E-state index in [9.17, 15) is 33.9 Å². The second kappa shape index (κ2) is 13.8. The van der Waals surface area contributed by atoms with Gasteiger partial charge in [0.1, 0.15) is 18.1 Å². The number of carbonyl (C=O) groups is 6. The van der Waals surface area contributed by atoms with E-state index in [2.05, 4.69) is 31.2 Å². The molecule has 4 unspecified atom stereocenters. The molecule has 4 atom stereocenters. The number of amides is 3. The maximum Gasteiger partial charge on any atom is 0.326 e. The van der Waals surface area contributed by atoms with E-state index >= 15 is 0 Å². The first-order valence-electron chi connectivity index (χ1n) is 11.3. The van der Waals surface area contributed by atoms with Gasteiger partial charge in [0, 0.05) is 31.2 Å². The monoisotopic (exact) mass is 510 g/mol. The molecule has 1 fully saturated rings. The maximum atomic E-state index is 12.9. The molecule has 1 aromatic heterocycles. The van der Waals surface area contributed by atoms with E-state index in [4.69, 9.17) is 10.2 Å². The van der Waals surface area contributed by atoms with Crippen molar-refractivity contribution in [3.8, 4) is 0 Å². The van der Waals surface area contributed by atoms with Gasteiger partial charge in [-0.25, -0.2) is 9.78 Å². The summed E-state index contributed by atoms with van der Waals surface area (Å²) in [5.74, 6) is -6.17. The highest BCUT2D eigenvalue weighted by Gasteiger charge is 2.32. The van der Waals surface area contributed by atoms with Gasteiger partial charge in [0.25, 0.3) is 0 Å². The van der Waals surface area contributed by atoms with E-state index in [0.717, 1.165) is 6.42 Å². The van der Waals surface area contributed by atoms with Crippen molar-refractivity contribution in [3.05, 3.63) is 18.2 Å².